The van der Waals surface area contributed by atoms with E-state index in [1.54, 1.807) is 11.9 Å². The topological polar surface area (TPSA) is 102 Å². The number of aliphatic hydroxyl groups is 1. The van der Waals surface area contributed by atoms with Crippen molar-refractivity contribution in [3.05, 3.63) is 0 Å². The van der Waals surface area contributed by atoms with E-state index >= 15 is 0 Å². The molecule has 0 radical (unpaired) electrons. The molecule has 7 unspecified atom stereocenters. The number of hydrogen-bond donors (Lipinski definition) is 3. The molecule has 3 saturated carbocycles. The molecule has 0 spiro atoms. The van der Waals surface area contributed by atoms with Crippen molar-refractivity contribution >= 4 is 17.7 Å². The predicted octanol–water partition coefficient (Wildman–Crippen LogP) is 5.34. The SMILES string of the molecule is CC#CC1CC(C(=O)NC(CC2CC(F)CC(F)C2)C(O)CN(CC)NC(=O)C2CCCCC2)CC(C(=O)N(CCC)CCC)C1. The quantitative estimate of drug-likeness (QED) is 0.164. The van der Waals surface area contributed by atoms with Crippen LogP contribution in [0.3, 0.4) is 0 Å². The molecular weight excluding hydrogens is 590 g/mol. The number of likely N-dealkylation sites (N-methyl/N-ethyl adjacent to an activating group) is 1. The van der Waals surface area contributed by atoms with Gasteiger partial charge in [0.15, 0.2) is 0 Å². The summed E-state index contributed by atoms with van der Waals surface area (Å²) in [6.07, 6.45) is 5.06. The monoisotopic (exact) mass is 650 g/mol. The lowest BCUT2D eigenvalue weighted by Crippen LogP contribution is -2.55. The predicted molar refractivity (Wildman–Crippen MR) is 177 cm³/mol. The minimum absolute atomic E-state index is 0.0487. The highest BCUT2D eigenvalue weighted by molar-refractivity contribution is 5.83. The van der Waals surface area contributed by atoms with Crippen LogP contribution >= 0.6 is 0 Å². The average Bonchev–Trinajstić information content (AvgIpc) is 3.03. The van der Waals surface area contributed by atoms with Crippen molar-refractivity contribution in [1.29, 1.82) is 0 Å². The first-order valence-corrected chi connectivity index (χ1v) is 18.1. The second-order valence-corrected chi connectivity index (χ2v) is 14.1. The highest BCUT2D eigenvalue weighted by Crippen LogP contribution is 2.36. The van der Waals surface area contributed by atoms with Crippen molar-refractivity contribution < 1.29 is 28.3 Å². The van der Waals surface area contributed by atoms with Gasteiger partial charge in [-0.15, -0.1) is 11.8 Å². The summed E-state index contributed by atoms with van der Waals surface area (Å²) in [7, 11) is 0. The van der Waals surface area contributed by atoms with Crippen molar-refractivity contribution in [3.8, 4) is 11.8 Å². The van der Waals surface area contributed by atoms with Crippen molar-refractivity contribution in [2.75, 3.05) is 26.2 Å². The molecule has 10 heteroatoms. The van der Waals surface area contributed by atoms with Gasteiger partial charge in [0.05, 0.1) is 12.1 Å². The van der Waals surface area contributed by atoms with Crippen LogP contribution in [0.25, 0.3) is 0 Å². The normalized spacial score (nSPS) is 28.4. The Kier molecular flexibility index (Phi) is 16.2. The summed E-state index contributed by atoms with van der Waals surface area (Å²) in [5, 5.41) is 16.3. The summed E-state index contributed by atoms with van der Waals surface area (Å²) in [5.41, 5.74) is 2.97. The molecule has 3 aliphatic rings. The lowest BCUT2D eigenvalue weighted by Gasteiger charge is -2.37. The lowest BCUT2D eigenvalue weighted by molar-refractivity contribution is -0.139. The Bertz CT molecular complexity index is 1010. The minimum atomic E-state index is -1.25. The number of alkyl halides is 2. The van der Waals surface area contributed by atoms with Crippen LogP contribution in [0.5, 0.6) is 0 Å². The van der Waals surface area contributed by atoms with E-state index in [2.05, 4.69) is 22.6 Å². The van der Waals surface area contributed by atoms with E-state index in [9.17, 15) is 28.3 Å². The van der Waals surface area contributed by atoms with Gasteiger partial charge in [0, 0.05) is 56.3 Å². The highest BCUT2D eigenvalue weighted by Gasteiger charge is 2.39. The summed E-state index contributed by atoms with van der Waals surface area (Å²) in [5.74, 6) is 4.65. The molecular formula is C36H60F2N4O4. The fourth-order valence-corrected chi connectivity index (χ4v) is 7.86. The van der Waals surface area contributed by atoms with Crippen LogP contribution in [0.15, 0.2) is 0 Å². The molecule has 0 saturated heterocycles. The largest absolute Gasteiger partial charge is 0.390 e. The van der Waals surface area contributed by atoms with E-state index in [0.717, 1.165) is 44.9 Å². The molecule has 3 aliphatic carbocycles. The fourth-order valence-electron chi connectivity index (χ4n) is 7.86. The van der Waals surface area contributed by atoms with Crippen LogP contribution in [0.4, 0.5) is 8.78 Å². The summed E-state index contributed by atoms with van der Waals surface area (Å²) < 4.78 is 28.8. The van der Waals surface area contributed by atoms with Crippen LogP contribution in [0, 0.1) is 41.4 Å². The van der Waals surface area contributed by atoms with Crippen LogP contribution < -0.4 is 10.7 Å². The molecule has 0 aliphatic heterocycles. The average molecular weight is 651 g/mol. The standard InChI is InChI=1S/C36H60F2N4O4/c1-5-12-25-17-28(22-29(18-25)36(46)41(15-6-2)16-7-3)34(44)39-32(21-26-19-30(37)23-31(38)20-26)33(43)24-42(8-4)40-35(45)27-13-10-9-11-14-27/h25-33,43H,6-11,13-24H2,1-4H3,(H,39,44)(H,40,45). The number of halogens is 2. The van der Waals surface area contributed by atoms with E-state index in [0.29, 0.717) is 38.9 Å². The number of nitrogens with one attached hydrogen (secondary N) is 2. The molecule has 3 N–H and O–H groups in total. The lowest BCUT2D eigenvalue weighted by atomic mass is 9.74. The molecule has 0 heterocycles. The first-order valence-electron chi connectivity index (χ1n) is 18.1. The molecule has 46 heavy (non-hydrogen) atoms. The Morgan fingerprint density at radius 1 is 0.848 bits per heavy atom. The molecule has 3 amide bonds. The van der Waals surface area contributed by atoms with Gasteiger partial charge in [-0.3, -0.25) is 19.8 Å². The van der Waals surface area contributed by atoms with Gasteiger partial charge < -0.3 is 15.3 Å². The fraction of sp³-hybridized carbons (Fsp3) is 0.861. The molecule has 0 aromatic carbocycles. The number of hydrazine groups is 1. The second kappa shape index (κ2) is 19.5. The third-order valence-corrected chi connectivity index (χ3v) is 10.2. The number of rotatable bonds is 15. The number of amides is 3. The van der Waals surface area contributed by atoms with Crippen molar-refractivity contribution in [3.63, 3.8) is 0 Å². The van der Waals surface area contributed by atoms with Crippen molar-refractivity contribution in [2.45, 2.75) is 142 Å². The molecule has 262 valence electrons. The van der Waals surface area contributed by atoms with Gasteiger partial charge in [-0.2, -0.15) is 0 Å². The Labute approximate surface area is 276 Å². The Balaban J connectivity index is 1.76. The molecule has 8 nitrogen and oxygen atoms in total. The zero-order valence-electron chi connectivity index (χ0n) is 28.7. The van der Waals surface area contributed by atoms with E-state index in [4.69, 9.17) is 0 Å². The molecule has 0 aromatic rings. The maximum atomic E-state index is 14.4. The minimum Gasteiger partial charge on any atom is -0.390 e. The Morgan fingerprint density at radius 3 is 2.07 bits per heavy atom. The second-order valence-electron chi connectivity index (χ2n) is 14.1. The first-order chi connectivity index (χ1) is 22.1. The van der Waals surface area contributed by atoms with Gasteiger partial charge in [-0.1, -0.05) is 40.0 Å². The summed E-state index contributed by atoms with van der Waals surface area (Å²) in [6.45, 7) is 9.63. The number of carbonyl (C=O) groups excluding carboxylic acids is 3. The summed E-state index contributed by atoms with van der Waals surface area (Å²) in [6, 6.07) is -0.765. The zero-order valence-corrected chi connectivity index (χ0v) is 28.7. The summed E-state index contributed by atoms with van der Waals surface area (Å²) >= 11 is 0. The molecule has 3 rings (SSSR count). The zero-order chi connectivity index (χ0) is 33.6. The van der Waals surface area contributed by atoms with E-state index < -0.39 is 30.4 Å². The van der Waals surface area contributed by atoms with Gasteiger partial charge in [0.1, 0.15) is 12.3 Å². The smallest absolute Gasteiger partial charge is 0.237 e. The van der Waals surface area contributed by atoms with Crippen LogP contribution in [0.1, 0.15) is 118 Å². The third kappa shape index (κ3) is 11.8. The summed E-state index contributed by atoms with van der Waals surface area (Å²) in [4.78, 5) is 42.4. The number of hydrogen-bond acceptors (Lipinski definition) is 5. The Morgan fingerprint density at radius 2 is 1.48 bits per heavy atom. The van der Waals surface area contributed by atoms with Gasteiger partial charge in [0.25, 0.3) is 0 Å². The van der Waals surface area contributed by atoms with Crippen LogP contribution in [-0.2, 0) is 14.4 Å². The van der Waals surface area contributed by atoms with Gasteiger partial charge >= 0.3 is 0 Å². The number of nitrogens with zero attached hydrogens (tertiary/aromatic N) is 2. The molecule has 0 aromatic heterocycles. The van der Waals surface area contributed by atoms with E-state index in [1.807, 2.05) is 25.7 Å². The van der Waals surface area contributed by atoms with Gasteiger partial charge in [0.2, 0.25) is 17.7 Å². The molecule has 0 bridgehead atoms. The van der Waals surface area contributed by atoms with Crippen molar-refractivity contribution in [1.82, 2.24) is 20.7 Å². The van der Waals surface area contributed by atoms with Gasteiger partial charge in [-0.05, 0) is 77.0 Å². The first kappa shape index (κ1) is 38.2. The number of carbonyl (C=O) groups is 3. The van der Waals surface area contributed by atoms with E-state index in [1.165, 1.54) is 0 Å². The molecule has 7 atom stereocenters. The van der Waals surface area contributed by atoms with Gasteiger partial charge in [-0.25, -0.2) is 13.8 Å². The van der Waals surface area contributed by atoms with Crippen LogP contribution in [0.2, 0.25) is 0 Å². The third-order valence-electron chi connectivity index (χ3n) is 10.2. The Hall–Kier alpha value is -2.25. The maximum absolute atomic E-state index is 14.4. The highest BCUT2D eigenvalue weighted by atomic mass is 19.1. The molecule has 3 fully saturated rings. The maximum Gasteiger partial charge on any atom is 0.237 e. The number of aliphatic hydroxyl groups excluding tert-OH is 1. The van der Waals surface area contributed by atoms with E-state index in [-0.39, 0.29) is 73.6 Å². The van der Waals surface area contributed by atoms with Crippen molar-refractivity contribution in [2.24, 2.45) is 29.6 Å². The van der Waals surface area contributed by atoms with Crippen LogP contribution in [-0.4, -0.2) is 83.4 Å².